The Morgan fingerprint density at radius 1 is 1.57 bits per heavy atom. The number of nitrogens with one attached hydrogen (secondary N) is 1. The zero-order chi connectivity index (χ0) is 9.54. The third kappa shape index (κ3) is 1.28. The number of thiazole rings is 1. The number of alkyl carbamates (subject to hydrolysis) is 1. The molecule has 74 valence electrons. The van der Waals surface area contributed by atoms with E-state index in [1.807, 2.05) is 5.51 Å². The average molecular weight is 210 g/mol. The third-order valence-corrected chi connectivity index (χ3v) is 3.50. The molecule has 2 fully saturated rings. The molecule has 1 unspecified atom stereocenters. The summed E-state index contributed by atoms with van der Waals surface area (Å²) in [6.07, 6.45) is 2.03. The van der Waals surface area contributed by atoms with Crippen molar-refractivity contribution in [3.8, 4) is 0 Å². The fourth-order valence-corrected chi connectivity index (χ4v) is 2.61. The highest BCUT2D eigenvalue weighted by atomic mass is 32.1. The number of carbonyl (C=O) groups is 1. The Labute approximate surface area is 85.3 Å². The largest absolute Gasteiger partial charge is 0.439 e. The van der Waals surface area contributed by atoms with Gasteiger partial charge in [0.25, 0.3) is 0 Å². The van der Waals surface area contributed by atoms with E-state index in [1.54, 1.807) is 11.3 Å². The number of rotatable bonds is 2. The Morgan fingerprint density at radius 3 is 3.07 bits per heavy atom. The molecule has 1 aromatic heterocycles. The molecule has 5 heteroatoms. The van der Waals surface area contributed by atoms with Gasteiger partial charge in [0.1, 0.15) is 0 Å². The van der Waals surface area contributed by atoms with Gasteiger partial charge in [-0.2, -0.15) is 0 Å². The van der Waals surface area contributed by atoms with Crippen LogP contribution in [0.5, 0.6) is 0 Å². The van der Waals surface area contributed by atoms with Crippen molar-refractivity contribution < 1.29 is 9.53 Å². The van der Waals surface area contributed by atoms with E-state index in [1.165, 1.54) is 12.8 Å². The second-order valence-electron chi connectivity index (χ2n) is 3.65. The van der Waals surface area contributed by atoms with Crippen LogP contribution in [0.1, 0.15) is 35.4 Å². The van der Waals surface area contributed by atoms with Gasteiger partial charge in [0.2, 0.25) is 0 Å². The van der Waals surface area contributed by atoms with Gasteiger partial charge >= 0.3 is 6.09 Å². The number of carbonyl (C=O) groups excluding carboxylic acids is 1. The molecule has 4 nitrogen and oxygen atoms in total. The molecule has 1 saturated carbocycles. The predicted molar refractivity (Wildman–Crippen MR) is 51.3 cm³/mol. The quantitative estimate of drug-likeness (QED) is 0.809. The van der Waals surface area contributed by atoms with E-state index in [4.69, 9.17) is 4.74 Å². The first-order valence-electron chi connectivity index (χ1n) is 4.72. The fraction of sp³-hybridized carbons (Fsp3) is 0.556. The van der Waals surface area contributed by atoms with Gasteiger partial charge in [0.05, 0.1) is 22.6 Å². The summed E-state index contributed by atoms with van der Waals surface area (Å²) < 4.78 is 5.14. The average Bonchev–Trinajstić information content (AvgIpc) is 2.75. The predicted octanol–water partition coefficient (Wildman–Crippen LogP) is 1.80. The molecule has 1 atom stereocenters. The molecule has 2 aliphatic rings. The monoisotopic (exact) mass is 210 g/mol. The minimum absolute atomic E-state index is 0.106. The number of ether oxygens (including phenoxy) is 1. The van der Waals surface area contributed by atoms with Crippen LogP contribution in [-0.2, 0) is 4.74 Å². The summed E-state index contributed by atoms with van der Waals surface area (Å²) in [5.74, 6) is 0.621. The molecule has 0 spiro atoms. The highest BCUT2D eigenvalue weighted by molar-refractivity contribution is 7.09. The number of hydrogen-bond donors (Lipinski definition) is 1. The van der Waals surface area contributed by atoms with Gasteiger partial charge in [0, 0.05) is 5.92 Å². The molecule has 3 rings (SSSR count). The van der Waals surface area contributed by atoms with Crippen molar-refractivity contribution in [2.75, 3.05) is 6.54 Å². The van der Waals surface area contributed by atoms with E-state index in [-0.39, 0.29) is 12.2 Å². The highest BCUT2D eigenvalue weighted by Gasteiger charge is 2.34. The standard InChI is InChI=1S/C9H10N2O2S/c12-9-10-3-6(13-9)8-7(5-1-2-5)11-4-14-8/h4-6H,1-3H2,(H,10,12). The summed E-state index contributed by atoms with van der Waals surface area (Å²) in [6.45, 7) is 0.584. The Morgan fingerprint density at radius 2 is 2.43 bits per heavy atom. The SMILES string of the molecule is O=C1NCC(c2scnc2C2CC2)O1. The van der Waals surface area contributed by atoms with Gasteiger partial charge in [-0.25, -0.2) is 9.78 Å². The molecule has 1 amide bonds. The first kappa shape index (κ1) is 8.23. The minimum atomic E-state index is -0.315. The first-order valence-corrected chi connectivity index (χ1v) is 5.60. The van der Waals surface area contributed by atoms with E-state index in [0.29, 0.717) is 12.5 Å². The highest BCUT2D eigenvalue weighted by Crippen LogP contribution is 2.44. The van der Waals surface area contributed by atoms with E-state index in [9.17, 15) is 4.79 Å². The molecule has 14 heavy (non-hydrogen) atoms. The molecule has 2 heterocycles. The normalized spacial score (nSPS) is 26.0. The Bertz CT molecular complexity index is 373. The molecule has 1 saturated heterocycles. The smallest absolute Gasteiger partial charge is 0.407 e. The van der Waals surface area contributed by atoms with Crippen LogP contribution in [0.3, 0.4) is 0 Å². The van der Waals surface area contributed by atoms with Crippen LogP contribution in [0.4, 0.5) is 4.79 Å². The van der Waals surface area contributed by atoms with Gasteiger partial charge in [-0.1, -0.05) is 0 Å². The Hall–Kier alpha value is -1.10. The number of amides is 1. The van der Waals surface area contributed by atoms with Crippen LogP contribution in [0.2, 0.25) is 0 Å². The molecule has 0 radical (unpaired) electrons. The van der Waals surface area contributed by atoms with E-state index in [0.717, 1.165) is 10.6 Å². The van der Waals surface area contributed by atoms with Crippen molar-refractivity contribution in [3.63, 3.8) is 0 Å². The molecule has 1 aliphatic heterocycles. The molecule has 0 bridgehead atoms. The van der Waals surface area contributed by atoms with Crippen LogP contribution in [0.15, 0.2) is 5.51 Å². The molecular formula is C9H10N2O2S. The van der Waals surface area contributed by atoms with Crippen LogP contribution >= 0.6 is 11.3 Å². The van der Waals surface area contributed by atoms with Crippen LogP contribution < -0.4 is 5.32 Å². The summed E-state index contributed by atoms with van der Waals surface area (Å²) in [5, 5.41) is 2.66. The van der Waals surface area contributed by atoms with Crippen molar-refractivity contribution in [3.05, 3.63) is 16.1 Å². The lowest BCUT2D eigenvalue weighted by atomic mass is 10.2. The summed E-state index contributed by atoms with van der Waals surface area (Å²) in [5.41, 5.74) is 2.99. The topological polar surface area (TPSA) is 51.2 Å². The molecule has 1 N–H and O–H groups in total. The molecule has 1 aromatic rings. The van der Waals surface area contributed by atoms with Crippen molar-refractivity contribution in [2.45, 2.75) is 24.9 Å². The second kappa shape index (κ2) is 2.95. The molecule has 0 aromatic carbocycles. The van der Waals surface area contributed by atoms with Crippen molar-refractivity contribution in [1.29, 1.82) is 0 Å². The van der Waals surface area contributed by atoms with Gasteiger partial charge in [0.15, 0.2) is 6.10 Å². The zero-order valence-corrected chi connectivity index (χ0v) is 8.34. The van der Waals surface area contributed by atoms with Crippen molar-refractivity contribution >= 4 is 17.4 Å². The van der Waals surface area contributed by atoms with Crippen molar-refractivity contribution in [2.24, 2.45) is 0 Å². The lowest BCUT2D eigenvalue weighted by Gasteiger charge is -2.06. The number of cyclic esters (lactones) is 1. The zero-order valence-electron chi connectivity index (χ0n) is 7.53. The summed E-state index contributed by atoms with van der Waals surface area (Å²) in [7, 11) is 0. The molecular weight excluding hydrogens is 200 g/mol. The summed E-state index contributed by atoms with van der Waals surface area (Å²) in [4.78, 5) is 16.4. The van der Waals surface area contributed by atoms with Crippen LogP contribution in [-0.4, -0.2) is 17.6 Å². The number of hydrogen-bond acceptors (Lipinski definition) is 4. The van der Waals surface area contributed by atoms with Gasteiger partial charge in [-0.3, -0.25) is 0 Å². The maximum Gasteiger partial charge on any atom is 0.407 e. The maximum atomic E-state index is 10.9. The lowest BCUT2D eigenvalue weighted by molar-refractivity contribution is 0.142. The maximum absolute atomic E-state index is 10.9. The van der Waals surface area contributed by atoms with Crippen LogP contribution in [0, 0.1) is 0 Å². The minimum Gasteiger partial charge on any atom is -0.439 e. The van der Waals surface area contributed by atoms with E-state index >= 15 is 0 Å². The third-order valence-electron chi connectivity index (χ3n) is 2.56. The number of nitrogens with zero attached hydrogens (tertiary/aromatic N) is 1. The Kier molecular flexibility index (Phi) is 1.73. The van der Waals surface area contributed by atoms with E-state index in [2.05, 4.69) is 10.3 Å². The van der Waals surface area contributed by atoms with Gasteiger partial charge in [-0.05, 0) is 12.8 Å². The molecule has 1 aliphatic carbocycles. The lowest BCUT2D eigenvalue weighted by Crippen LogP contribution is -2.12. The van der Waals surface area contributed by atoms with E-state index < -0.39 is 0 Å². The second-order valence-corrected chi connectivity index (χ2v) is 4.54. The van der Waals surface area contributed by atoms with Crippen molar-refractivity contribution in [1.82, 2.24) is 10.3 Å². The van der Waals surface area contributed by atoms with Gasteiger partial charge < -0.3 is 10.1 Å². The fourth-order valence-electron chi connectivity index (χ4n) is 1.70. The number of aromatic nitrogens is 1. The summed E-state index contributed by atoms with van der Waals surface area (Å²) in [6, 6.07) is 0. The van der Waals surface area contributed by atoms with Crippen LogP contribution in [0.25, 0.3) is 0 Å². The Balaban J connectivity index is 1.87. The van der Waals surface area contributed by atoms with Gasteiger partial charge in [-0.15, -0.1) is 11.3 Å². The summed E-state index contributed by atoms with van der Waals surface area (Å²) >= 11 is 1.59. The first-order chi connectivity index (χ1) is 6.84.